The van der Waals surface area contributed by atoms with Crippen molar-refractivity contribution in [2.75, 3.05) is 6.26 Å². The molecule has 0 aromatic heterocycles. The van der Waals surface area contributed by atoms with E-state index >= 15 is 0 Å². The maximum absolute atomic E-state index is 12.2. The van der Waals surface area contributed by atoms with E-state index < -0.39 is 15.7 Å². The number of halogens is 2. The van der Waals surface area contributed by atoms with Crippen LogP contribution >= 0.6 is 23.2 Å². The molecule has 0 radical (unpaired) electrons. The van der Waals surface area contributed by atoms with Gasteiger partial charge in [0.05, 0.1) is 10.5 Å². The quantitative estimate of drug-likeness (QED) is 0.912. The molecule has 0 spiro atoms. The molecule has 0 unspecified atom stereocenters. The molecule has 116 valence electrons. The minimum absolute atomic E-state index is 0.00490. The molecule has 4 nitrogen and oxygen atoms in total. The molecule has 0 aliphatic heterocycles. The van der Waals surface area contributed by atoms with Crippen molar-refractivity contribution in [3.63, 3.8) is 0 Å². The smallest absolute Gasteiger partial charge is 0.252 e. The summed E-state index contributed by atoms with van der Waals surface area (Å²) in [6.45, 7) is 0.174. The van der Waals surface area contributed by atoms with Crippen LogP contribution in [0, 0.1) is 0 Å². The summed E-state index contributed by atoms with van der Waals surface area (Å²) >= 11 is 11.8. The van der Waals surface area contributed by atoms with E-state index in [1.165, 1.54) is 12.1 Å². The molecule has 0 saturated carbocycles. The lowest BCUT2D eigenvalue weighted by Crippen LogP contribution is -2.24. The van der Waals surface area contributed by atoms with Gasteiger partial charge >= 0.3 is 0 Å². The molecule has 22 heavy (non-hydrogen) atoms. The molecular weight excluding hydrogens is 345 g/mol. The molecule has 1 amide bonds. The van der Waals surface area contributed by atoms with Crippen LogP contribution in [0.15, 0.2) is 47.4 Å². The summed E-state index contributed by atoms with van der Waals surface area (Å²) in [6, 6.07) is 11.0. The van der Waals surface area contributed by atoms with Gasteiger partial charge in [-0.3, -0.25) is 4.79 Å². The van der Waals surface area contributed by atoms with Gasteiger partial charge in [0.1, 0.15) is 0 Å². The topological polar surface area (TPSA) is 63.2 Å². The van der Waals surface area contributed by atoms with E-state index in [1.807, 2.05) is 0 Å². The van der Waals surface area contributed by atoms with Crippen LogP contribution in [0.3, 0.4) is 0 Å². The van der Waals surface area contributed by atoms with Gasteiger partial charge in [0.2, 0.25) is 0 Å². The van der Waals surface area contributed by atoms with Crippen LogP contribution in [0.2, 0.25) is 10.0 Å². The van der Waals surface area contributed by atoms with E-state index in [2.05, 4.69) is 5.32 Å². The molecule has 0 aliphatic rings. The van der Waals surface area contributed by atoms with Crippen molar-refractivity contribution in [2.24, 2.45) is 0 Å². The molecular formula is C15H13Cl2NO3S. The molecule has 0 fully saturated rings. The minimum atomic E-state index is -3.48. The first kappa shape index (κ1) is 16.8. The molecule has 0 saturated heterocycles. The Hall–Kier alpha value is -1.56. The summed E-state index contributed by atoms with van der Waals surface area (Å²) in [5.74, 6) is -0.480. The van der Waals surface area contributed by atoms with Crippen LogP contribution in [0.4, 0.5) is 0 Å². The van der Waals surface area contributed by atoms with Gasteiger partial charge < -0.3 is 5.32 Å². The van der Waals surface area contributed by atoms with Gasteiger partial charge in [-0.25, -0.2) is 8.42 Å². The molecule has 0 bridgehead atoms. The van der Waals surface area contributed by atoms with Crippen molar-refractivity contribution in [3.05, 3.63) is 63.6 Å². The monoisotopic (exact) mass is 357 g/mol. The van der Waals surface area contributed by atoms with E-state index in [0.717, 1.165) is 6.26 Å². The summed E-state index contributed by atoms with van der Waals surface area (Å²) in [4.78, 5) is 12.2. The maximum Gasteiger partial charge on any atom is 0.252 e. The summed E-state index contributed by atoms with van der Waals surface area (Å²) in [5.41, 5.74) is 0.798. The number of carbonyl (C=O) groups excluding carboxylic acids is 1. The Morgan fingerprint density at radius 1 is 1.14 bits per heavy atom. The number of hydrogen-bond acceptors (Lipinski definition) is 3. The fourth-order valence-corrected chi connectivity index (χ4v) is 3.27. The number of rotatable bonds is 4. The normalized spacial score (nSPS) is 11.2. The molecule has 0 aliphatic carbocycles. The Kier molecular flexibility index (Phi) is 5.11. The third-order valence-electron chi connectivity index (χ3n) is 2.99. The summed E-state index contributed by atoms with van der Waals surface area (Å²) < 4.78 is 23.4. The standard InChI is InChI=1S/C15H13Cl2NO3S/c1-22(20,21)14-5-3-2-4-12(14)15(19)18-9-10-6-7-11(16)8-13(10)17/h2-8H,9H2,1H3,(H,18,19). The highest BCUT2D eigenvalue weighted by Gasteiger charge is 2.18. The highest BCUT2D eigenvalue weighted by atomic mass is 35.5. The fourth-order valence-electron chi connectivity index (χ4n) is 1.91. The average Bonchev–Trinajstić information content (AvgIpc) is 2.45. The Morgan fingerprint density at radius 3 is 2.45 bits per heavy atom. The first-order valence-corrected chi connectivity index (χ1v) is 8.95. The highest BCUT2D eigenvalue weighted by molar-refractivity contribution is 7.90. The van der Waals surface area contributed by atoms with E-state index in [1.54, 1.807) is 30.3 Å². The second-order valence-electron chi connectivity index (χ2n) is 4.69. The Labute approximate surface area is 139 Å². The molecule has 7 heteroatoms. The third kappa shape index (κ3) is 4.00. The highest BCUT2D eigenvalue weighted by Crippen LogP contribution is 2.21. The number of carbonyl (C=O) groups is 1. The lowest BCUT2D eigenvalue weighted by molar-refractivity contribution is 0.0947. The van der Waals surface area contributed by atoms with Gasteiger partial charge in [-0.2, -0.15) is 0 Å². The summed E-state index contributed by atoms with van der Waals surface area (Å²) in [5, 5.41) is 3.59. The van der Waals surface area contributed by atoms with Crippen LogP contribution in [-0.4, -0.2) is 20.6 Å². The predicted molar refractivity (Wildman–Crippen MR) is 87.2 cm³/mol. The van der Waals surface area contributed by atoms with Crippen LogP contribution in [0.25, 0.3) is 0 Å². The largest absolute Gasteiger partial charge is 0.348 e. The number of nitrogens with one attached hydrogen (secondary N) is 1. The summed E-state index contributed by atoms with van der Waals surface area (Å²) in [6.07, 6.45) is 1.06. The van der Waals surface area contributed by atoms with Crippen molar-refractivity contribution < 1.29 is 13.2 Å². The van der Waals surface area contributed by atoms with Crippen LogP contribution in [0.1, 0.15) is 15.9 Å². The number of amides is 1. The first-order valence-electron chi connectivity index (χ1n) is 6.30. The summed E-state index contributed by atoms with van der Waals surface area (Å²) in [7, 11) is -3.48. The van der Waals surface area contributed by atoms with Gasteiger partial charge in [-0.05, 0) is 29.8 Å². The molecule has 0 atom stereocenters. The lowest BCUT2D eigenvalue weighted by Gasteiger charge is -2.10. The molecule has 2 rings (SSSR count). The van der Waals surface area contributed by atoms with Crippen molar-refractivity contribution in [1.82, 2.24) is 5.32 Å². The first-order chi connectivity index (χ1) is 10.3. The average molecular weight is 358 g/mol. The van der Waals surface area contributed by atoms with Gasteiger partial charge in [-0.15, -0.1) is 0 Å². The van der Waals surface area contributed by atoms with Crippen molar-refractivity contribution in [3.8, 4) is 0 Å². The van der Waals surface area contributed by atoms with Crippen LogP contribution < -0.4 is 5.32 Å². The third-order valence-corrected chi connectivity index (χ3v) is 4.73. The zero-order valence-electron chi connectivity index (χ0n) is 11.6. The van der Waals surface area contributed by atoms with Crippen molar-refractivity contribution in [2.45, 2.75) is 11.4 Å². The maximum atomic E-state index is 12.2. The minimum Gasteiger partial charge on any atom is -0.348 e. The second kappa shape index (κ2) is 6.69. The van der Waals surface area contributed by atoms with E-state index in [-0.39, 0.29) is 17.0 Å². The van der Waals surface area contributed by atoms with Gasteiger partial charge in [0, 0.05) is 22.8 Å². The zero-order chi connectivity index (χ0) is 16.3. The molecule has 2 aromatic rings. The van der Waals surface area contributed by atoms with Crippen LogP contribution in [0.5, 0.6) is 0 Å². The molecule has 1 N–H and O–H groups in total. The van der Waals surface area contributed by atoms with E-state index in [9.17, 15) is 13.2 Å². The molecule has 2 aromatic carbocycles. The number of hydrogen-bond donors (Lipinski definition) is 1. The Bertz CT molecular complexity index is 819. The SMILES string of the molecule is CS(=O)(=O)c1ccccc1C(=O)NCc1ccc(Cl)cc1Cl. The Morgan fingerprint density at radius 2 is 1.82 bits per heavy atom. The van der Waals surface area contributed by atoms with Gasteiger partial charge in [0.15, 0.2) is 9.84 Å². The van der Waals surface area contributed by atoms with Gasteiger partial charge in [0.25, 0.3) is 5.91 Å². The molecule has 0 heterocycles. The number of benzene rings is 2. The number of sulfone groups is 1. The van der Waals surface area contributed by atoms with E-state index in [4.69, 9.17) is 23.2 Å². The van der Waals surface area contributed by atoms with Crippen LogP contribution in [-0.2, 0) is 16.4 Å². The van der Waals surface area contributed by atoms with E-state index in [0.29, 0.717) is 15.6 Å². The van der Waals surface area contributed by atoms with Crippen molar-refractivity contribution in [1.29, 1.82) is 0 Å². The predicted octanol–water partition coefficient (Wildman–Crippen LogP) is 3.33. The zero-order valence-corrected chi connectivity index (χ0v) is 14.0. The lowest BCUT2D eigenvalue weighted by atomic mass is 10.2. The Balaban J connectivity index is 2.20. The van der Waals surface area contributed by atoms with Gasteiger partial charge in [-0.1, -0.05) is 41.4 Å². The van der Waals surface area contributed by atoms with Crippen molar-refractivity contribution >= 4 is 38.9 Å². The second-order valence-corrected chi connectivity index (χ2v) is 7.51. The fraction of sp³-hybridized carbons (Fsp3) is 0.133.